The molecule has 1 saturated heterocycles. The fourth-order valence-corrected chi connectivity index (χ4v) is 4.64. The molecule has 1 aromatic rings. The second-order valence-electron chi connectivity index (χ2n) is 5.97. The van der Waals surface area contributed by atoms with E-state index in [0.29, 0.717) is 13.1 Å². The van der Waals surface area contributed by atoms with Gasteiger partial charge in [0.2, 0.25) is 0 Å². The number of halogens is 1. The molecule has 124 valence electrons. The standard InChI is InChI=1S/C15H23N3O2S.ClH/c1-12-15(7-4-9-16-12)17-21(19,20)18-10-8-13-5-2-3-6-14(13)11-18;/h2-3,5-6,12,15-17H,4,7-11H2,1H3;1H. The van der Waals surface area contributed by atoms with Gasteiger partial charge in [0, 0.05) is 25.2 Å². The highest BCUT2D eigenvalue weighted by molar-refractivity contribution is 7.87. The van der Waals surface area contributed by atoms with Crippen LogP contribution in [-0.2, 0) is 23.2 Å². The highest BCUT2D eigenvalue weighted by atomic mass is 35.5. The average molecular weight is 346 g/mol. The average Bonchev–Trinajstić information content (AvgIpc) is 2.49. The molecular formula is C15H24ClN3O2S. The number of rotatable bonds is 3. The van der Waals surface area contributed by atoms with Gasteiger partial charge in [0.15, 0.2) is 0 Å². The Morgan fingerprint density at radius 1 is 1.27 bits per heavy atom. The Hall–Kier alpha value is -0.660. The van der Waals surface area contributed by atoms with Gasteiger partial charge in [-0.3, -0.25) is 0 Å². The molecule has 1 aromatic carbocycles. The van der Waals surface area contributed by atoms with E-state index in [9.17, 15) is 8.42 Å². The van der Waals surface area contributed by atoms with Crippen molar-refractivity contribution in [2.75, 3.05) is 13.1 Å². The summed E-state index contributed by atoms with van der Waals surface area (Å²) in [6, 6.07) is 8.25. The molecule has 0 bridgehead atoms. The maximum atomic E-state index is 12.6. The molecule has 2 atom stereocenters. The number of hydrogen-bond acceptors (Lipinski definition) is 3. The van der Waals surface area contributed by atoms with E-state index in [-0.39, 0.29) is 24.5 Å². The van der Waals surface area contributed by atoms with Crippen molar-refractivity contribution < 1.29 is 8.42 Å². The molecule has 0 spiro atoms. The lowest BCUT2D eigenvalue weighted by atomic mass is 10.0. The van der Waals surface area contributed by atoms with E-state index in [4.69, 9.17) is 0 Å². The van der Waals surface area contributed by atoms with Crippen LogP contribution < -0.4 is 10.0 Å². The first-order valence-corrected chi connectivity index (χ1v) is 9.08. The zero-order valence-electron chi connectivity index (χ0n) is 12.8. The smallest absolute Gasteiger partial charge is 0.280 e. The summed E-state index contributed by atoms with van der Waals surface area (Å²) >= 11 is 0. The van der Waals surface area contributed by atoms with Gasteiger partial charge in [0.25, 0.3) is 10.2 Å². The first-order valence-electron chi connectivity index (χ1n) is 7.64. The minimum atomic E-state index is -3.42. The molecular weight excluding hydrogens is 322 g/mol. The molecule has 0 saturated carbocycles. The van der Waals surface area contributed by atoms with Crippen molar-refractivity contribution in [1.82, 2.24) is 14.3 Å². The van der Waals surface area contributed by atoms with Crippen molar-refractivity contribution >= 4 is 22.6 Å². The van der Waals surface area contributed by atoms with Crippen molar-refractivity contribution in [3.63, 3.8) is 0 Å². The molecule has 1 fully saturated rings. The highest BCUT2D eigenvalue weighted by Gasteiger charge is 2.31. The molecule has 2 aliphatic heterocycles. The fraction of sp³-hybridized carbons (Fsp3) is 0.600. The van der Waals surface area contributed by atoms with Crippen LogP contribution in [0.25, 0.3) is 0 Å². The summed E-state index contributed by atoms with van der Waals surface area (Å²) in [5.74, 6) is 0. The van der Waals surface area contributed by atoms with Gasteiger partial charge in [0.1, 0.15) is 0 Å². The normalized spacial score (nSPS) is 26.0. The summed E-state index contributed by atoms with van der Waals surface area (Å²) in [7, 11) is -3.42. The zero-order chi connectivity index (χ0) is 14.9. The third-order valence-corrected chi connectivity index (χ3v) is 6.09. The Morgan fingerprint density at radius 3 is 2.73 bits per heavy atom. The van der Waals surface area contributed by atoms with Gasteiger partial charge in [-0.15, -0.1) is 12.4 Å². The molecule has 3 rings (SSSR count). The van der Waals surface area contributed by atoms with Crippen LogP contribution in [0.2, 0.25) is 0 Å². The third kappa shape index (κ3) is 3.81. The second kappa shape index (κ2) is 7.27. The maximum absolute atomic E-state index is 12.6. The molecule has 2 aliphatic rings. The Balaban J connectivity index is 0.00000176. The molecule has 0 amide bonds. The van der Waals surface area contributed by atoms with Crippen molar-refractivity contribution in [2.24, 2.45) is 0 Å². The lowest BCUT2D eigenvalue weighted by molar-refractivity contribution is 0.328. The summed E-state index contributed by atoms with van der Waals surface area (Å²) in [6.45, 7) is 4.04. The lowest BCUT2D eigenvalue weighted by Crippen LogP contribution is -2.55. The van der Waals surface area contributed by atoms with E-state index >= 15 is 0 Å². The van der Waals surface area contributed by atoms with Crippen LogP contribution in [0.3, 0.4) is 0 Å². The van der Waals surface area contributed by atoms with E-state index in [1.807, 2.05) is 25.1 Å². The Morgan fingerprint density at radius 2 is 2.00 bits per heavy atom. The molecule has 5 nitrogen and oxygen atoms in total. The molecule has 2 N–H and O–H groups in total. The summed E-state index contributed by atoms with van der Waals surface area (Å²) in [6.07, 6.45) is 2.70. The molecule has 22 heavy (non-hydrogen) atoms. The van der Waals surface area contributed by atoms with Crippen LogP contribution in [0, 0.1) is 0 Å². The molecule has 0 aliphatic carbocycles. The van der Waals surface area contributed by atoms with Crippen LogP contribution in [0.5, 0.6) is 0 Å². The van der Waals surface area contributed by atoms with Crippen LogP contribution in [0.1, 0.15) is 30.9 Å². The first-order chi connectivity index (χ1) is 10.1. The zero-order valence-corrected chi connectivity index (χ0v) is 14.4. The number of nitrogens with one attached hydrogen (secondary N) is 2. The maximum Gasteiger partial charge on any atom is 0.280 e. The molecule has 0 aromatic heterocycles. The lowest BCUT2D eigenvalue weighted by Gasteiger charge is -2.34. The Kier molecular flexibility index (Phi) is 5.85. The predicted molar refractivity (Wildman–Crippen MR) is 90.3 cm³/mol. The third-order valence-electron chi connectivity index (χ3n) is 4.50. The summed E-state index contributed by atoms with van der Waals surface area (Å²) < 4.78 is 29.6. The van der Waals surface area contributed by atoms with E-state index in [0.717, 1.165) is 31.4 Å². The number of hydrogen-bond donors (Lipinski definition) is 2. The number of piperidine rings is 1. The summed E-state index contributed by atoms with van der Waals surface area (Å²) in [5.41, 5.74) is 2.38. The predicted octanol–water partition coefficient (Wildman–Crippen LogP) is 1.44. The highest BCUT2D eigenvalue weighted by Crippen LogP contribution is 2.21. The fourth-order valence-electron chi connectivity index (χ4n) is 3.15. The largest absolute Gasteiger partial charge is 0.313 e. The minimum absolute atomic E-state index is 0. The van der Waals surface area contributed by atoms with Crippen LogP contribution in [-0.4, -0.2) is 37.9 Å². The van der Waals surface area contributed by atoms with Crippen molar-refractivity contribution in [3.8, 4) is 0 Å². The van der Waals surface area contributed by atoms with Gasteiger partial charge in [-0.2, -0.15) is 17.4 Å². The van der Waals surface area contributed by atoms with Crippen molar-refractivity contribution in [3.05, 3.63) is 35.4 Å². The Labute approximate surface area is 139 Å². The van der Waals surface area contributed by atoms with E-state index in [1.54, 1.807) is 4.31 Å². The van der Waals surface area contributed by atoms with Crippen molar-refractivity contribution in [1.29, 1.82) is 0 Å². The number of benzene rings is 1. The number of fused-ring (bicyclic) bond motifs is 1. The SMILES string of the molecule is CC1NCCCC1NS(=O)(=O)N1CCc2ccccc2C1.Cl. The minimum Gasteiger partial charge on any atom is -0.313 e. The van der Waals surface area contributed by atoms with Gasteiger partial charge in [0.05, 0.1) is 0 Å². The molecule has 0 radical (unpaired) electrons. The second-order valence-corrected chi connectivity index (χ2v) is 7.67. The van der Waals surface area contributed by atoms with Crippen LogP contribution >= 0.6 is 12.4 Å². The molecule has 2 unspecified atom stereocenters. The molecule has 7 heteroatoms. The monoisotopic (exact) mass is 345 g/mol. The summed E-state index contributed by atoms with van der Waals surface area (Å²) in [5, 5.41) is 3.33. The van der Waals surface area contributed by atoms with Gasteiger partial charge in [-0.05, 0) is 43.9 Å². The van der Waals surface area contributed by atoms with Gasteiger partial charge in [-0.25, -0.2) is 0 Å². The molecule has 2 heterocycles. The van der Waals surface area contributed by atoms with Gasteiger partial charge >= 0.3 is 0 Å². The van der Waals surface area contributed by atoms with Crippen molar-refractivity contribution in [2.45, 2.75) is 44.8 Å². The first kappa shape index (κ1) is 17.7. The van der Waals surface area contributed by atoms with Crippen LogP contribution in [0.4, 0.5) is 0 Å². The van der Waals surface area contributed by atoms with E-state index in [2.05, 4.69) is 16.1 Å². The topological polar surface area (TPSA) is 61.4 Å². The van der Waals surface area contributed by atoms with E-state index in [1.165, 1.54) is 5.56 Å². The van der Waals surface area contributed by atoms with Gasteiger partial charge < -0.3 is 5.32 Å². The van der Waals surface area contributed by atoms with Crippen LogP contribution in [0.15, 0.2) is 24.3 Å². The quantitative estimate of drug-likeness (QED) is 0.871. The van der Waals surface area contributed by atoms with Gasteiger partial charge in [-0.1, -0.05) is 24.3 Å². The number of nitrogens with zero attached hydrogens (tertiary/aromatic N) is 1. The summed E-state index contributed by atoms with van der Waals surface area (Å²) in [4.78, 5) is 0. The Bertz CT molecular complexity index is 609. The van der Waals surface area contributed by atoms with E-state index < -0.39 is 10.2 Å².